The molecule has 0 saturated carbocycles. The highest BCUT2D eigenvalue weighted by molar-refractivity contribution is 6.01. The Labute approximate surface area is 183 Å². The van der Waals surface area contributed by atoms with Gasteiger partial charge in [0.15, 0.2) is 0 Å². The number of benzene rings is 3. The Bertz CT molecular complexity index is 1020. The van der Waals surface area contributed by atoms with Gasteiger partial charge in [0.05, 0.1) is 5.56 Å². The standard InChI is InChI=1S/C13H9F3O.C10H9F2N.C2H2/c14-13(15,16)17-12-8-6-11(7-9-12)10-4-2-1-3-5-10;11-7-3-1-4-8(12)10(7)9-5-2-6-13-9;1-2/h1-9H;1,3-4H,2,5-6H2;1-2H. The number of ether oxygens (including phenoxy) is 1. The Hall–Kier alpha value is -3.66. The molecule has 1 heterocycles. The van der Waals surface area contributed by atoms with Gasteiger partial charge in [0, 0.05) is 12.3 Å². The molecule has 2 nitrogen and oxygen atoms in total. The number of nitrogens with zero attached hydrogens (tertiary/aromatic N) is 1. The van der Waals surface area contributed by atoms with Crippen molar-refractivity contribution in [3.05, 3.63) is 90.0 Å². The molecule has 7 heteroatoms. The van der Waals surface area contributed by atoms with E-state index in [0.717, 1.165) is 17.5 Å². The zero-order valence-corrected chi connectivity index (χ0v) is 16.9. The third-order valence-corrected chi connectivity index (χ3v) is 4.32. The summed E-state index contributed by atoms with van der Waals surface area (Å²) in [4.78, 5) is 4.06. The van der Waals surface area contributed by atoms with Gasteiger partial charge in [-0.05, 0) is 48.2 Å². The molecule has 0 spiro atoms. The fourth-order valence-electron chi connectivity index (χ4n) is 3.00. The molecule has 0 N–H and O–H groups in total. The van der Waals surface area contributed by atoms with E-state index in [-0.39, 0.29) is 11.3 Å². The largest absolute Gasteiger partial charge is 0.573 e. The molecule has 0 amide bonds. The highest BCUT2D eigenvalue weighted by Gasteiger charge is 2.30. The van der Waals surface area contributed by atoms with Gasteiger partial charge in [0.2, 0.25) is 0 Å². The van der Waals surface area contributed by atoms with Crippen LogP contribution in [0.5, 0.6) is 5.75 Å². The van der Waals surface area contributed by atoms with Crippen molar-refractivity contribution in [1.82, 2.24) is 0 Å². The van der Waals surface area contributed by atoms with Gasteiger partial charge in [-0.3, -0.25) is 4.99 Å². The Balaban J connectivity index is 0.000000217. The molecule has 4 rings (SSSR count). The summed E-state index contributed by atoms with van der Waals surface area (Å²) in [5.74, 6) is -1.24. The van der Waals surface area contributed by atoms with Crippen LogP contribution in [-0.4, -0.2) is 18.6 Å². The second kappa shape index (κ2) is 11.7. The van der Waals surface area contributed by atoms with Crippen molar-refractivity contribution in [3.63, 3.8) is 0 Å². The van der Waals surface area contributed by atoms with Crippen LogP contribution in [0.2, 0.25) is 0 Å². The van der Waals surface area contributed by atoms with Crippen molar-refractivity contribution in [2.75, 3.05) is 6.54 Å². The molecule has 3 aromatic carbocycles. The lowest BCUT2D eigenvalue weighted by atomic mass is 10.1. The van der Waals surface area contributed by atoms with E-state index in [1.165, 1.54) is 30.3 Å². The molecule has 0 aromatic heterocycles. The molecule has 0 saturated heterocycles. The molecule has 1 aliphatic heterocycles. The van der Waals surface area contributed by atoms with Crippen LogP contribution in [-0.2, 0) is 0 Å². The third kappa shape index (κ3) is 7.24. The molecule has 32 heavy (non-hydrogen) atoms. The Kier molecular flexibility index (Phi) is 8.96. The molecule has 0 atom stereocenters. The zero-order chi connectivity index (χ0) is 23.6. The number of aliphatic imine (C=N–C) groups is 1. The van der Waals surface area contributed by atoms with Gasteiger partial charge in [-0.15, -0.1) is 26.0 Å². The van der Waals surface area contributed by atoms with E-state index < -0.39 is 18.0 Å². The van der Waals surface area contributed by atoms with E-state index >= 15 is 0 Å². The average molecular weight is 445 g/mol. The molecule has 1 aliphatic rings. The molecule has 0 unspecified atom stereocenters. The summed E-state index contributed by atoms with van der Waals surface area (Å²) in [6.45, 7) is 0.684. The van der Waals surface area contributed by atoms with Gasteiger partial charge in [0.25, 0.3) is 0 Å². The minimum Gasteiger partial charge on any atom is -0.406 e. The Morgan fingerprint density at radius 1 is 0.750 bits per heavy atom. The molecule has 0 bridgehead atoms. The minimum atomic E-state index is -4.64. The maximum Gasteiger partial charge on any atom is 0.573 e. The van der Waals surface area contributed by atoms with E-state index in [4.69, 9.17) is 0 Å². The monoisotopic (exact) mass is 445 g/mol. The summed E-state index contributed by atoms with van der Waals surface area (Å²) < 4.78 is 66.0. The molecule has 3 aromatic rings. The number of alkyl halides is 3. The number of rotatable bonds is 3. The summed E-state index contributed by atoms with van der Waals surface area (Å²) in [6.07, 6.45) is 4.93. The second-order valence-corrected chi connectivity index (χ2v) is 6.47. The first-order valence-corrected chi connectivity index (χ1v) is 9.56. The average Bonchev–Trinajstić information content (AvgIpc) is 3.30. The molecule has 166 valence electrons. The van der Waals surface area contributed by atoms with E-state index in [1.54, 1.807) is 12.1 Å². The molecule has 0 radical (unpaired) electrons. The van der Waals surface area contributed by atoms with E-state index in [9.17, 15) is 22.0 Å². The maximum atomic E-state index is 13.2. The number of hydrogen-bond donors (Lipinski definition) is 0. The smallest absolute Gasteiger partial charge is 0.406 e. The second-order valence-electron chi connectivity index (χ2n) is 6.47. The van der Waals surface area contributed by atoms with Crippen LogP contribution in [0.4, 0.5) is 22.0 Å². The first-order valence-electron chi connectivity index (χ1n) is 9.56. The summed E-state index contributed by atoms with van der Waals surface area (Å²) in [6, 6.07) is 19.1. The highest BCUT2D eigenvalue weighted by atomic mass is 19.4. The van der Waals surface area contributed by atoms with E-state index in [0.29, 0.717) is 18.7 Å². The van der Waals surface area contributed by atoms with Gasteiger partial charge >= 0.3 is 6.36 Å². The minimum absolute atomic E-state index is 0.0556. The van der Waals surface area contributed by atoms with Crippen molar-refractivity contribution in [2.24, 2.45) is 4.99 Å². The van der Waals surface area contributed by atoms with Crippen LogP contribution in [0.15, 0.2) is 77.8 Å². The quantitative estimate of drug-likeness (QED) is 0.313. The lowest BCUT2D eigenvalue weighted by molar-refractivity contribution is -0.274. The van der Waals surface area contributed by atoms with Gasteiger partial charge < -0.3 is 4.74 Å². The predicted octanol–water partition coefficient (Wildman–Crippen LogP) is 7.05. The molecular formula is C25H20F5NO. The first kappa shape index (κ1) is 24.6. The zero-order valence-electron chi connectivity index (χ0n) is 16.9. The fraction of sp³-hybridized carbons (Fsp3) is 0.160. The van der Waals surface area contributed by atoms with Gasteiger partial charge in [0.1, 0.15) is 17.4 Å². The SMILES string of the molecule is C#C.FC(F)(F)Oc1ccc(-c2ccccc2)cc1.Fc1cccc(F)c1C1=NCCC1. The summed E-state index contributed by atoms with van der Waals surface area (Å²) in [7, 11) is 0. The normalized spacial score (nSPS) is 12.5. The lowest BCUT2D eigenvalue weighted by Gasteiger charge is -2.09. The molecular weight excluding hydrogens is 425 g/mol. The van der Waals surface area contributed by atoms with Crippen LogP contribution in [0.25, 0.3) is 11.1 Å². The van der Waals surface area contributed by atoms with Crippen LogP contribution in [0, 0.1) is 24.5 Å². The maximum absolute atomic E-state index is 13.2. The third-order valence-electron chi connectivity index (χ3n) is 4.32. The molecule has 0 fully saturated rings. The first-order chi connectivity index (χ1) is 15.3. The fourth-order valence-corrected chi connectivity index (χ4v) is 3.00. The molecule has 0 aliphatic carbocycles. The van der Waals surface area contributed by atoms with Crippen LogP contribution in [0.1, 0.15) is 18.4 Å². The Morgan fingerprint density at radius 3 is 1.81 bits per heavy atom. The number of terminal acetylenes is 1. The number of halogens is 5. The van der Waals surface area contributed by atoms with Crippen molar-refractivity contribution in [1.29, 1.82) is 0 Å². The summed E-state index contributed by atoms with van der Waals surface area (Å²) in [5.41, 5.74) is 2.42. The van der Waals surface area contributed by atoms with Crippen LogP contribution < -0.4 is 4.74 Å². The van der Waals surface area contributed by atoms with Crippen molar-refractivity contribution < 1.29 is 26.7 Å². The van der Waals surface area contributed by atoms with Gasteiger partial charge in [-0.2, -0.15) is 0 Å². The summed E-state index contributed by atoms with van der Waals surface area (Å²) >= 11 is 0. The predicted molar refractivity (Wildman–Crippen MR) is 115 cm³/mol. The van der Waals surface area contributed by atoms with Crippen molar-refractivity contribution in [2.45, 2.75) is 19.2 Å². The Morgan fingerprint density at radius 2 is 1.31 bits per heavy atom. The van der Waals surface area contributed by atoms with Crippen LogP contribution in [0.3, 0.4) is 0 Å². The van der Waals surface area contributed by atoms with Gasteiger partial charge in [-0.1, -0.05) is 48.5 Å². The van der Waals surface area contributed by atoms with E-state index in [2.05, 4.69) is 22.6 Å². The lowest BCUT2D eigenvalue weighted by Crippen LogP contribution is -2.16. The van der Waals surface area contributed by atoms with E-state index in [1.807, 2.05) is 30.3 Å². The number of hydrogen-bond acceptors (Lipinski definition) is 2. The van der Waals surface area contributed by atoms with Crippen LogP contribution >= 0.6 is 0 Å². The highest BCUT2D eigenvalue weighted by Crippen LogP contribution is 2.26. The topological polar surface area (TPSA) is 21.6 Å². The van der Waals surface area contributed by atoms with Crippen molar-refractivity contribution in [3.8, 4) is 29.7 Å². The summed E-state index contributed by atoms with van der Waals surface area (Å²) in [5, 5.41) is 0. The van der Waals surface area contributed by atoms with Gasteiger partial charge in [-0.25, -0.2) is 8.78 Å². The van der Waals surface area contributed by atoms with Crippen molar-refractivity contribution >= 4 is 5.71 Å².